The van der Waals surface area contributed by atoms with Gasteiger partial charge in [-0.25, -0.2) is 8.42 Å². The summed E-state index contributed by atoms with van der Waals surface area (Å²) in [5.74, 6) is 0.545. The molecule has 0 unspecified atom stereocenters. The van der Waals surface area contributed by atoms with Crippen LogP contribution in [0.15, 0.2) is 17.2 Å². The molecule has 2 rings (SSSR count). The SMILES string of the molecule is CCc1ncc(C2CC2)cc1S(C)(=O)=O. The van der Waals surface area contributed by atoms with Crippen LogP contribution in [0, 0.1) is 0 Å². The summed E-state index contributed by atoms with van der Waals surface area (Å²) in [5.41, 5.74) is 1.76. The number of aromatic nitrogens is 1. The molecule has 0 aliphatic heterocycles. The Morgan fingerprint density at radius 2 is 2.13 bits per heavy atom. The second-order valence-electron chi connectivity index (χ2n) is 4.11. The highest BCUT2D eigenvalue weighted by Gasteiger charge is 2.26. The average molecular weight is 225 g/mol. The van der Waals surface area contributed by atoms with Crippen molar-refractivity contribution >= 4 is 9.84 Å². The van der Waals surface area contributed by atoms with Gasteiger partial charge in [-0.3, -0.25) is 4.98 Å². The Bertz CT molecular complexity index is 475. The highest BCUT2D eigenvalue weighted by Crippen LogP contribution is 2.40. The number of rotatable bonds is 3. The van der Waals surface area contributed by atoms with Crippen molar-refractivity contribution in [3.63, 3.8) is 0 Å². The predicted molar refractivity (Wildman–Crippen MR) is 58.7 cm³/mol. The normalized spacial score (nSPS) is 16.7. The maximum Gasteiger partial charge on any atom is 0.177 e. The first-order chi connectivity index (χ1) is 7.02. The second kappa shape index (κ2) is 3.59. The van der Waals surface area contributed by atoms with Crippen molar-refractivity contribution in [2.45, 2.75) is 37.0 Å². The molecule has 1 saturated carbocycles. The highest BCUT2D eigenvalue weighted by atomic mass is 32.2. The van der Waals surface area contributed by atoms with Crippen LogP contribution in [-0.2, 0) is 16.3 Å². The molecule has 1 heterocycles. The van der Waals surface area contributed by atoms with E-state index in [1.807, 2.05) is 13.1 Å². The van der Waals surface area contributed by atoms with Gasteiger partial charge in [-0.1, -0.05) is 6.92 Å². The number of nitrogens with zero attached hydrogens (tertiary/aromatic N) is 1. The zero-order chi connectivity index (χ0) is 11.1. The molecule has 0 amide bonds. The number of hydrogen-bond acceptors (Lipinski definition) is 3. The minimum atomic E-state index is -3.14. The molecule has 3 nitrogen and oxygen atoms in total. The molecule has 1 aromatic heterocycles. The van der Waals surface area contributed by atoms with E-state index in [2.05, 4.69) is 4.98 Å². The van der Waals surface area contributed by atoms with Crippen molar-refractivity contribution in [3.05, 3.63) is 23.5 Å². The Morgan fingerprint density at radius 1 is 1.47 bits per heavy atom. The van der Waals surface area contributed by atoms with Gasteiger partial charge in [0.05, 0.1) is 10.6 Å². The van der Waals surface area contributed by atoms with Crippen molar-refractivity contribution in [1.82, 2.24) is 4.98 Å². The molecule has 0 spiro atoms. The van der Waals surface area contributed by atoms with E-state index in [9.17, 15) is 8.42 Å². The van der Waals surface area contributed by atoms with E-state index in [4.69, 9.17) is 0 Å². The van der Waals surface area contributed by atoms with Gasteiger partial charge >= 0.3 is 0 Å². The molecule has 0 aromatic carbocycles. The number of pyridine rings is 1. The Balaban J connectivity index is 2.52. The molecule has 15 heavy (non-hydrogen) atoms. The lowest BCUT2D eigenvalue weighted by molar-refractivity contribution is 0.600. The van der Waals surface area contributed by atoms with Crippen molar-refractivity contribution in [2.75, 3.05) is 6.26 Å². The minimum absolute atomic E-state index is 0.411. The molecular formula is C11H15NO2S. The van der Waals surface area contributed by atoms with Gasteiger partial charge in [-0.15, -0.1) is 0 Å². The van der Waals surface area contributed by atoms with Crippen LogP contribution in [0.2, 0.25) is 0 Å². The van der Waals surface area contributed by atoms with E-state index in [0.29, 0.717) is 22.9 Å². The van der Waals surface area contributed by atoms with Crippen LogP contribution in [0.25, 0.3) is 0 Å². The van der Waals surface area contributed by atoms with E-state index >= 15 is 0 Å². The zero-order valence-corrected chi connectivity index (χ0v) is 9.84. The fourth-order valence-corrected chi connectivity index (χ4v) is 2.69. The molecule has 0 atom stereocenters. The van der Waals surface area contributed by atoms with Crippen LogP contribution >= 0.6 is 0 Å². The molecule has 0 bridgehead atoms. The maximum absolute atomic E-state index is 11.6. The molecule has 4 heteroatoms. The summed E-state index contributed by atoms with van der Waals surface area (Å²) in [5, 5.41) is 0. The molecule has 1 aliphatic rings. The summed E-state index contributed by atoms with van der Waals surface area (Å²) in [6.07, 6.45) is 6.06. The van der Waals surface area contributed by atoms with Crippen LogP contribution in [0.4, 0.5) is 0 Å². The monoisotopic (exact) mass is 225 g/mol. The number of aryl methyl sites for hydroxylation is 1. The first-order valence-corrected chi connectivity index (χ1v) is 7.10. The lowest BCUT2D eigenvalue weighted by atomic mass is 10.1. The van der Waals surface area contributed by atoms with Crippen molar-refractivity contribution < 1.29 is 8.42 Å². The topological polar surface area (TPSA) is 47.0 Å². The molecule has 0 saturated heterocycles. The summed E-state index contributed by atoms with van der Waals surface area (Å²) in [7, 11) is -3.14. The standard InChI is InChI=1S/C11H15NO2S/c1-3-10-11(15(2,13)14)6-9(7-12-10)8-4-5-8/h6-8H,3-5H2,1-2H3. The van der Waals surface area contributed by atoms with E-state index in [1.54, 1.807) is 6.07 Å². The van der Waals surface area contributed by atoms with Gasteiger partial charge in [0.25, 0.3) is 0 Å². The van der Waals surface area contributed by atoms with Crippen LogP contribution in [0.1, 0.15) is 36.9 Å². The average Bonchev–Trinajstić information content (AvgIpc) is 2.98. The van der Waals surface area contributed by atoms with E-state index < -0.39 is 9.84 Å². The molecule has 1 aliphatic carbocycles. The fourth-order valence-electron chi connectivity index (χ4n) is 1.71. The van der Waals surface area contributed by atoms with Gasteiger partial charge in [-0.05, 0) is 36.8 Å². The highest BCUT2D eigenvalue weighted by molar-refractivity contribution is 7.90. The summed E-state index contributed by atoms with van der Waals surface area (Å²) in [6, 6.07) is 1.80. The summed E-state index contributed by atoms with van der Waals surface area (Å²) in [4.78, 5) is 4.66. The van der Waals surface area contributed by atoms with Gasteiger partial charge < -0.3 is 0 Å². The maximum atomic E-state index is 11.6. The Kier molecular flexibility index (Phi) is 2.54. The van der Waals surface area contributed by atoms with Gasteiger partial charge in [-0.2, -0.15) is 0 Å². The van der Waals surface area contributed by atoms with E-state index in [0.717, 1.165) is 18.4 Å². The third-order valence-electron chi connectivity index (χ3n) is 2.73. The second-order valence-corrected chi connectivity index (χ2v) is 6.10. The first-order valence-electron chi connectivity index (χ1n) is 5.21. The number of sulfone groups is 1. The van der Waals surface area contributed by atoms with Crippen molar-refractivity contribution in [1.29, 1.82) is 0 Å². The summed E-state index contributed by atoms with van der Waals surface area (Å²) >= 11 is 0. The summed E-state index contributed by atoms with van der Waals surface area (Å²) in [6.45, 7) is 1.92. The Morgan fingerprint density at radius 3 is 2.60 bits per heavy atom. The van der Waals surface area contributed by atoms with Crippen LogP contribution < -0.4 is 0 Å². The van der Waals surface area contributed by atoms with Gasteiger partial charge in [0.2, 0.25) is 0 Å². The lowest BCUT2D eigenvalue weighted by Crippen LogP contribution is -2.05. The molecule has 1 fully saturated rings. The molecule has 0 N–H and O–H groups in total. The lowest BCUT2D eigenvalue weighted by Gasteiger charge is -2.07. The van der Waals surface area contributed by atoms with Gasteiger partial charge in [0.1, 0.15) is 0 Å². The van der Waals surface area contributed by atoms with E-state index in [-0.39, 0.29) is 0 Å². The smallest absolute Gasteiger partial charge is 0.177 e. The van der Waals surface area contributed by atoms with Gasteiger partial charge in [0.15, 0.2) is 9.84 Å². The van der Waals surface area contributed by atoms with Crippen LogP contribution in [-0.4, -0.2) is 19.7 Å². The first kappa shape index (κ1) is 10.6. The fraction of sp³-hybridized carbons (Fsp3) is 0.545. The van der Waals surface area contributed by atoms with Crippen molar-refractivity contribution in [2.24, 2.45) is 0 Å². The Hall–Kier alpha value is -0.900. The molecule has 82 valence electrons. The van der Waals surface area contributed by atoms with E-state index in [1.165, 1.54) is 6.26 Å². The quantitative estimate of drug-likeness (QED) is 0.789. The third-order valence-corrected chi connectivity index (χ3v) is 3.89. The van der Waals surface area contributed by atoms with Crippen LogP contribution in [0.5, 0.6) is 0 Å². The Labute approximate surface area is 90.5 Å². The van der Waals surface area contributed by atoms with Crippen molar-refractivity contribution in [3.8, 4) is 0 Å². The largest absolute Gasteiger partial charge is 0.260 e. The summed E-state index contributed by atoms with van der Waals surface area (Å²) < 4.78 is 23.1. The zero-order valence-electron chi connectivity index (χ0n) is 9.03. The molecular weight excluding hydrogens is 210 g/mol. The molecule has 0 radical (unpaired) electrons. The predicted octanol–water partition coefficient (Wildman–Crippen LogP) is 1.92. The molecule has 1 aromatic rings. The van der Waals surface area contributed by atoms with Gasteiger partial charge in [0, 0.05) is 12.5 Å². The third kappa shape index (κ3) is 2.20. The number of hydrogen-bond donors (Lipinski definition) is 0. The minimum Gasteiger partial charge on any atom is -0.260 e. The van der Waals surface area contributed by atoms with Crippen LogP contribution in [0.3, 0.4) is 0 Å².